The molecule has 156 valence electrons. The molecule has 1 rings (SSSR count). The molecule has 1 unspecified atom stereocenters. The van der Waals surface area contributed by atoms with Gasteiger partial charge in [0.2, 0.25) is 0 Å². The lowest BCUT2D eigenvalue weighted by atomic mass is 10.1. The molecule has 0 saturated carbocycles. The van der Waals surface area contributed by atoms with Crippen LogP contribution in [0.5, 0.6) is 0 Å². The van der Waals surface area contributed by atoms with Crippen molar-refractivity contribution >= 4 is 24.7 Å². The molecule has 1 aromatic carbocycles. The fraction of sp³-hybridized carbons (Fsp3) is 0.727. The normalized spacial score (nSPS) is 14.4. The molecule has 0 spiro atoms. The van der Waals surface area contributed by atoms with E-state index < -0.39 is 24.7 Å². The first kappa shape index (κ1) is 24.8. The molecule has 5 heteroatoms. The molecule has 2 nitrogen and oxygen atoms in total. The Labute approximate surface area is 172 Å². The molecule has 0 fully saturated rings. The van der Waals surface area contributed by atoms with E-state index in [2.05, 4.69) is 82.7 Å². The smallest absolute Gasteiger partial charge is 0.186 e. The minimum absolute atomic E-state index is 0.803. The molecule has 0 saturated heterocycles. The number of hydrogen-bond acceptors (Lipinski definition) is 2. The molecule has 0 aliphatic heterocycles. The summed E-state index contributed by atoms with van der Waals surface area (Å²) in [5.74, 6) is 0.803. The highest BCUT2D eigenvalue weighted by atomic mass is 28.4. The molecular formula is C22H44O2Si3. The maximum Gasteiger partial charge on any atom is 0.186 e. The van der Waals surface area contributed by atoms with Gasteiger partial charge in [-0.3, -0.25) is 0 Å². The molecule has 1 atom stereocenters. The van der Waals surface area contributed by atoms with Gasteiger partial charge in [-0.2, -0.15) is 0 Å². The van der Waals surface area contributed by atoms with E-state index in [0.717, 1.165) is 25.6 Å². The highest BCUT2D eigenvalue weighted by Crippen LogP contribution is 2.28. The Balaban J connectivity index is 2.45. The van der Waals surface area contributed by atoms with Crippen molar-refractivity contribution in [1.29, 1.82) is 0 Å². The second kappa shape index (κ2) is 11.1. The maximum atomic E-state index is 6.40. The predicted octanol–water partition coefficient (Wildman–Crippen LogP) is 7.04. The summed E-state index contributed by atoms with van der Waals surface area (Å²) in [6.45, 7) is 21.0. The molecule has 0 aliphatic carbocycles. The second-order valence-corrected chi connectivity index (χ2v) is 25.1. The largest absolute Gasteiger partial charge is 0.418 e. The third-order valence-electron chi connectivity index (χ3n) is 4.84. The summed E-state index contributed by atoms with van der Waals surface area (Å²) in [6, 6.07) is 13.4. The SMILES string of the molecule is C[Si](C)(C)CC(CCO[Si](C)(C)C)CC[Si](C)(C)OCCc1ccccc1. The van der Waals surface area contributed by atoms with Crippen LogP contribution in [0.15, 0.2) is 30.3 Å². The van der Waals surface area contributed by atoms with Crippen molar-refractivity contribution in [2.45, 2.75) is 83.7 Å². The first-order valence-corrected chi connectivity index (χ1v) is 20.9. The molecular weight excluding hydrogens is 380 g/mol. The maximum absolute atomic E-state index is 6.40. The molecule has 0 bridgehead atoms. The predicted molar refractivity (Wildman–Crippen MR) is 129 cm³/mol. The van der Waals surface area contributed by atoms with E-state index in [4.69, 9.17) is 8.85 Å². The van der Waals surface area contributed by atoms with Crippen LogP contribution in [0.3, 0.4) is 0 Å². The van der Waals surface area contributed by atoms with Gasteiger partial charge in [0, 0.05) is 21.3 Å². The quantitative estimate of drug-likeness (QED) is 0.316. The first-order valence-electron chi connectivity index (χ1n) is 10.7. The van der Waals surface area contributed by atoms with E-state index in [1.165, 1.54) is 30.5 Å². The van der Waals surface area contributed by atoms with Crippen molar-refractivity contribution < 1.29 is 8.85 Å². The van der Waals surface area contributed by atoms with E-state index in [0.29, 0.717) is 0 Å². The minimum Gasteiger partial charge on any atom is -0.418 e. The molecule has 0 N–H and O–H groups in total. The number of rotatable bonds is 13. The van der Waals surface area contributed by atoms with Crippen molar-refractivity contribution in [2.24, 2.45) is 5.92 Å². The van der Waals surface area contributed by atoms with Gasteiger partial charge in [-0.05, 0) is 63.1 Å². The summed E-state index contributed by atoms with van der Waals surface area (Å²) in [6.07, 6.45) is 3.56. The highest BCUT2D eigenvalue weighted by Gasteiger charge is 2.27. The summed E-state index contributed by atoms with van der Waals surface area (Å²) in [5, 5.41) is 0. The van der Waals surface area contributed by atoms with Gasteiger partial charge in [0.05, 0.1) is 0 Å². The van der Waals surface area contributed by atoms with Gasteiger partial charge in [-0.1, -0.05) is 62.4 Å². The van der Waals surface area contributed by atoms with Gasteiger partial charge < -0.3 is 8.85 Å². The third kappa shape index (κ3) is 13.6. The van der Waals surface area contributed by atoms with Crippen LogP contribution in [0, 0.1) is 5.92 Å². The van der Waals surface area contributed by atoms with Gasteiger partial charge in [0.25, 0.3) is 0 Å². The van der Waals surface area contributed by atoms with Crippen LogP contribution in [0.1, 0.15) is 18.4 Å². The fourth-order valence-electron chi connectivity index (χ4n) is 3.46. The molecule has 0 heterocycles. The Morgan fingerprint density at radius 1 is 0.778 bits per heavy atom. The Kier molecular flexibility index (Phi) is 10.2. The van der Waals surface area contributed by atoms with Gasteiger partial charge in [0.15, 0.2) is 16.6 Å². The Morgan fingerprint density at radius 2 is 1.41 bits per heavy atom. The van der Waals surface area contributed by atoms with Crippen LogP contribution in [0.4, 0.5) is 0 Å². The molecule has 0 amide bonds. The Hall–Kier alpha value is -0.209. The number of benzene rings is 1. The van der Waals surface area contributed by atoms with Crippen LogP contribution in [0.2, 0.25) is 64.5 Å². The zero-order valence-electron chi connectivity index (χ0n) is 19.2. The van der Waals surface area contributed by atoms with Crippen LogP contribution in [0.25, 0.3) is 0 Å². The molecule has 1 aromatic rings. The van der Waals surface area contributed by atoms with Crippen molar-refractivity contribution in [1.82, 2.24) is 0 Å². The van der Waals surface area contributed by atoms with Crippen LogP contribution < -0.4 is 0 Å². The lowest BCUT2D eigenvalue weighted by Gasteiger charge is -2.29. The van der Waals surface area contributed by atoms with Gasteiger partial charge in [-0.15, -0.1) is 0 Å². The highest BCUT2D eigenvalue weighted by molar-refractivity contribution is 6.76. The standard InChI is InChI=1S/C22H44O2Si3/c1-25(2,3)20-22(15-17-23-26(4,5)6)16-19-27(7,8)24-18-14-21-12-10-9-11-13-21/h9-13,22H,14-20H2,1-8H3. The molecule has 0 radical (unpaired) electrons. The Morgan fingerprint density at radius 3 is 1.96 bits per heavy atom. The summed E-state index contributed by atoms with van der Waals surface area (Å²) in [7, 11) is -4.04. The summed E-state index contributed by atoms with van der Waals surface area (Å²) < 4.78 is 12.6. The summed E-state index contributed by atoms with van der Waals surface area (Å²) in [4.78, 5) is 0. The lowest BCUT2D eigenvalue weighted by molar-refractivity contribution is 0.271. The molecule has 0 aromatic heterocycles. The van der Waals surface area contributed by atoms with Crippen LogP contribution in [-0.4, -0.2) is 37.9 Å². The van der Waals surface area contributed by atoms with Gasteiger partial charge >= 0.3 is 0 Å². The summed E-state index contributed by atoms with van der Waals surface area (Å²) in [5.41, 5.74) is 1.38. The first-order chi connectivity index (χ1) is 12.4. The third-order valence-corrected chi connectivity index (χ3v) is 10.2. The lowest BCUT2D eigenvalue weighted by Crippen LogP contribution is -2.33. The van der Waals surface area contributed by atoms with E-state index in [1.54, 1.807) is 0 Å². The fourth-order valence-corrected chi connectivity index (χ4v) is 8.23. The van der Waals surface area contributed by atoms with Crippen molar-refractivity contribution in [2.75, 3.05) is 13.2 Å². The zero-order valence-corrected chi connectivity index (χ0v) is 22.2. The van der Waals surface area contributed by atoms with E-state index in [-0.39, 0.29) is 0 Å². The van der Waals surface area contributed by atoms with E-state index in [9.17, 15) is 0 Å². The number of hydrogen-bond donors (Lipinski definition) is 0. The van der Waals surface area contributed by atoms with Gasteiger partial charge in [0.1, 0.15) is 0 Å². The minimum atomic E-state index is -1.59. The van der Waals surface area contributed by atoms with E-state index >= 15 is 0 Å². The average Bonchev–Trinajstić information content (AvgIpc) is 2.51. The topological polar surface area (TPSA) is 18.5 Å². The van der Waals surface area contributed by atoms with Crippen molar-refractivity contribution in [3.05, 3.63) is 35.9 Å². The van der Waals surface area contributed by atoms with Crippen molar-refractivity contribution in [3.8, 4) is 0 Å². The zero-order chi connectivity index (χ0) is 20.6. The molecule has 27 heavy (non-hydrogen) atoms. The summed E-state index contributed by atoms with van der Waals surface area (Å²) >= 11 is 0. The van der Waals surface area contributed by atoms with Crippen LogP contribution >= 0.6 is 0 Å². The molecule has 0 aliphatic rings. The van der Waals surface area contributed by atoms with Crippen LogP contribution in [-0.2, 0) is 15.3 Å². The van der Waals surface area contributed by atoms with Gasteiger partial charge in [-0.25, -0.2) is 0 Å². The van der Waals surface area contributed by atoms with Crippen molar-refractivity contribution in [3.63, 3.8) is 0 Å². The average molecular weight is 425 g/mol. The van der Waals surface area contributed by atoms with E-state index in [1.807, 2.05) is 0 Å². The second-order valence-electron chi connectivity index (χ2n) is 10.8. The Bertz CT molecular complexity index is 519. The monoisotopic (exact) mass is 424 g/mol.